The van der Waals surface area contributed by atoms with Crippen LogP contribution in [0.5, 0.6) is 23.0 Å². The fourth-order valence-corrected chi connectivity index (χ4v) is 2.77. The van der Waals surface area contributed by atoms with Crippen molar-refractivity contribution in [2.45, 2.75) is 6.92 Å². The van der Waals surface area contributed by atoms with Crippen molar-refractivity contribution >= 4 is 17.9 Å². The van der Waals surface area contributed by atoms with Crippen LogP contribution in [0.2, 0.25) is 0 Å². The van der Waals surface area contributed by atoms with Gasteiger partial charge in [-0.05, 0) is 48.9 Å². The summed E-state index contributed by atoms with van der Waals surface area (Å²) in [6.45, 7) is 2.61. The van der Waals surface area contributed by atoms with Crippen LogP contribution in [0.25, 0.3) is 6.08 Å². The summed E-state index contributed by atoms with van der Waals surface area (Å²) in [4.78, 5) is 16.5. The molecule has 0 aromatic heterocycles. The largest absolute Gasteiger partial charge is 0.493 e. The molecule has 2 aromatic rings. The highest BCUT2D eigenvalue weighted by Gasteiger charge is 2.26. The van der Waals surface area contributed by atoms with Gasteiger partial charge in [0.05, 0.1) is 13.7 Å². The van der Waals surface area contributed by atoms with Crippen LogP contribution in [0, 0.1) is 0 Å². The van der Waals surface area contributed by atoms with E-state index in [0.29, 0.717) is 35.2 Å². The van der Waals surface area contributed by atoms with Gasteiger partial charge in [-0.2, -0.15) is 0 Å². The molecule has 0 aliphatic carbocycles. The lowest BCUT2D eigenvalue weighted by atomic mass is 10.1. The van der Waals surface area contributed by atoms with E-state index in [0.717, 1.165) is 5.56 Å². The monoisotopic (exact) mass is 367 g/mol. The Labute approximate surface area is 155 Å². The molecular formula is C20H17NO6. The molecule has 27 heavy (non-hydrogen) atoms. The number of fused-ring (bicyclic) bond motifs is 1. The minimum absolute atomic E-state index is 0.176. The lowest BCUT2D eigenvalue weighted by Crippen LogP contribution is -2.05. The zero-order valence-corrected chi connectivity index (χ0v) is 14.9. The number of carbonyl (C=O) groups is 1. The van der Waals surface area contributed by atoms with Gasteiger partial charge in [0, 0.05) is 5.56 Å². The molecular weight excluding hydrogens is 350 g/mol. The molecule has 7 heteroatoms. The van der Waals surface area contributed by atoms with E-state index in [-0.39, 0.29) is 18.4 Å². The van der Waals surface area contributed by atoms with Gasteiger partial charge in [0.2, 0.25) is 12.7 Å². The third-order valence-corrected chi connectivity index (χ3v) is 4.03. The van der Waals surface area contributed by atoms with Crippen molar-refractivity contribution < 1.29 is 28.5 Å². The Morgan fingerprint density at radius 1 is 1.11 bits per heavy atom. The standard InChI is InChI=1S/C20H17NO6/c1-3-24-15-6-4-12(9-17(15)23-2)8-14-20(22)27-19(21-14)13-5-7-16-18(10-13)26-11-25-16/h4-10H,3,11H2,1-2H3/b14-8-. The number of aliphatic imine (C=N–C) groups is 1. The first-order chi connectivity index (χ1) is 13.2. The summed E-state index contributed by atoms with van der Waals surface area (Å²) in [6.07, 6.45) is 1.64. The maximum absolute atomic E-state index is 12.2. The maximum Gasteiger partial charge on any atom is 0.363 e. The van der Waals surface area contributed by atoms with E-state index in [1.165, 1.54) is 0 Å². The number of methoxy groups -OCH3 is 1. The third kappa shape index (κ3) is 3.31. The predicted octanol–water partition coefficient (Wildman–Crippen LogP) is 3.17. The molecule has 0 unspecified atom stereocenters. The van der Waals surface area contributed by atoms with Crippen LogP contribution >= 0.6 is 0 Å². The van der Waals surface area contributed by atoms with Crippen molar-refractivity contribution in [3.05, 3.63) is 53.2 Å². The van der Waals surface area contributed by atoms with Gasteiger partial charge in [-0.3, -0.25) is 0 Å². The zero-order chi connectivity index (χ0) is 18.8. The highest BCUT2D eigenvalue weighted by molar-refractivity contribution is 6.13. The first-order valence-corrected chi connectivity index (χ1v) is 8.41. The average Bonchev–Trinajstić information content (AvgIpc) is 3.29. The number of benzene rings is 2. The SMILES string of the molecule is CCOc1ccc(/C=C2\N=C(c3ccc4c(c3)OCO4)OC2=O)cc1OC. The van der Waals surface area contributed by atoms with Crippen LogP contribution in [0.1, 0.15) is 18.1 Å². The first-order valence-electron chi connectivity index (χ1n) is 8.41. The Hall–Kier alpha value is -3.48. The van der Waals surface area contributed by atoms with Crippen molar-refractivity contribution in [2.24, 2.45) is 4.99 Å². The van der Waals surface area contributed by atoms with Gasteiger partial charge in [-0.25, -0.2) is 9.79 Å². The Balaban J connectivity index is 1.63. The van der Waals surface area contributed by atoms with Crippen molar-refractivity contribution in [3.8, 4) is 23.0 Å². The molecule has 2 heterocycles. The van der Waals surface area contributed by atoms with Crippen LogP contribution in [0.15, 0.2) is 47.1 Å². The number of esters is 1. The van der Waals surface area contributed by atoms with E-state index in [1.807, 2.05) is 13.0 Å². The Kier molecular flexibility index (Phi) is 4.42. The molecule has 138 valence electrons. The van der Waals surface area contributed by atoms with Gasteiger partial charge in [0.1, 0.15) is 0 Å². The minimum atomic E-state index is -0.518. The number of carbonyl (C=O) groups excluding carboxylic acids is 1. The number of rotatable bonds is 5. The van der Waals surface area contributed by atoms with E-state index in [9.17, 15) is 4.79 Å². The van der Waals surface area contributed by atoms with Crippen LogP contribution in [0.4, 0.5) is 0 Å². The Bertz CT molecular complexity index is 963. The van der Waals surface area contributed by atoms with Crippen LogP contribution in [0.3, 0.4) is 0 Å². The van der Waals surface area contributed by atoms with Crippen LogP contribution in [-0.2, 0) is 9.53 Å². The highest BCUT2D eigenvalue weighted by Crippen LogP contribution is 2.34. The zero-order valence-electron chi connectivity index (χ0n) is 14.9. The number of cyclic esters (lactones) is 1. The molecule has 0 N–H and O–H groups in total. The fourth-order valence-electron chi connectivity index (χ4n) is 2.77. The molecule has 0 saturated heterocycles. The minimum Gasteiger partial charge on any atom is -0.493 e. The molecule has 0 spiro atoms. The fraction of sp³-hybridized carbons (Fsp3) is 0.200. The van der Waals surface area contributed by atoms with Gasteiger partial charge in [0.25, 0.3) is 0 Å². The molecule has 7 nitrogen and oxygen atoms in total. The summed E-state index contributed by atoms with van der Waals surface area (Å²) in [7, 11) is 1.56. The lowest BCUT2D eigenvalue weighted by Gasteiger charge is -2.09. The molecule has 2 aliphatic heterocycles. The molecule has 0 saturated carbocycles. The Morgan fingerprint density at radius 2 is 1.96 bits per heavy atom. The van der Waals surface area contributed by atoms with E-state index in [2.05, 4.69) is 4.99 Å². The quantitative estimate of drug-likeness (QED) is 0.597. The van der Waals surface area contributed by atoms with E-state index >= 15 is 0 Å². The second kappa shape index (κ2) is 7.03. The lowest BCUT2D eigenvalue weighted by molar-refractivity contribution is -0.129. The number of nitrogens with zero attached hydrogens (tertiary/aromatic N) is 1. The van der Waals surface area contributed by atoms with Gasteiger partial charge in [-0.1, -0.05) is 6.07 Å². The highest BCUT2D eigenvalue weighted by atomic mass is 16.7. The molecule has 2 aliphatic rings. The predicted molar refractivity (Wildman–Crippen MR) is 97.3 cm³/mol. The summed E-state index contributed by atoms with van der Waals surface area (Å²) in [5.41, 5.74) is 1.59. The third-order valence-electron chi connectivity index (χ3n) is 4.03. The van der Waals surface area contributed by atoms with Gasteiger partial charge >= 0.3 is 5.97 Å². The summed E-state index contributed by atoms with van der Waals surface area (Å²) < 4.78 is 26.8. The van der Waals surface area contributed by atoms with Gasteiger partial charge in [-0.15, -0.1) is 0 Å². The summed E-state index contributed by atoms with van der Waals surface area (Å²) in [5.74, 6) is 2.18. The topological polar surface area (TPSA) is 75.6 Å². The summed E-state index contributed by atoms with van der Waals surface area (Å²) in [6, 6.07) is 10.6. The molecule has 0 amide bonds. The number of hydrogen-bond donors (Lipinski definition) is 0. The van der Waals surface area contributed by atoms with Crippen LogP contribution < -0.4 is 18.9 Å². The van der Waals surface area contributed by atoms with Crippen LogP contribution in [-0.4, -0.2) is 32.4 Å². The number of ether oxygens (including phenoxy) is 5. The maximum atomic E-state index is 12.2. The van der Waals surface area contributed by atoms with Gasteiger partial charge < -0.3 is 23.7 Å². The van der Waals surface area contributed by atoms with Crippen molar-refractivity contribution in [1.29, 1.82) is 0 Å². The van der Waals surface area contributed by atoms with E-state index in [4.69, 9.17) is 23.7 Å². The van der Waals surface area contributed by atoms with E-state index < -0.39 is 5.97 Å². The smallest absolute Gasteiger partial charge is 0.363 e. The molecule has 0 bridgehead atoms. The number of hydrogen-bond acceptors (Lipinski definition) is 7. The average molecular weight is 367 g/mol. The normalized spacial score (nSPS) is 16.3. The molecule has 0 fully saturated rings. The molecule has 2 aromatic carbocycles. The van der Waals surface area contributed by atoms with Crippen molar-refractivity contribution in [1.82, 2.24) is 0 Å². The Morgan fingerprint density at radius 3 is 2.78 bits per heavy atom. The second-order valence-corrected chi connectivity index (χ2v) is 5.75. The first kappa shape index (κ1) is 17.0. The van der Waals surface area contributed by atoms with Crippen molar-refractivity contribution in [3.63, 3.8) is 0 Å². The van der Waals surface area contributed by atoms with E-state index in [1.54, 1.807) is 43.5 Å². The molecule has 0 radical (unpaired) electrons. The summed E-state index contributed by atoms with van der Waals surface area (Å²) in [5, 5.41) is 0. The second-order valence-electron chi connectivity index (χ2n) is 5.75. The van der Waals surface area contributed by atoms with Gasteiger partial charge in [0.15, 0.2) is 28.7 Å². The summed E-state index contributed by atoms with van der Waals surface area (Å²) >= 11 is 0. The van der Waals surface area contributed by atoms with Crippen molar-refractivity contribution in [2.75, 3.05) is 20.5 Å². The molecule has 0 atom stereocenters. The molecule has 4 rings (SSSR count).